The number of halogens is 1. The highest BCUT2D eigenvalue weighted by Gasteiger charge is 2.15. The second kappa shape index (κ2) is 5.22. The molecule has 2 aromatic carbocycles. The lowest BCUT2D eigenvalue weighted by molar-refractivity contribution is 0.791. The van der Waals surface area contributed by atoms with Gasteiger partial charge in [-0.25, -0.2) is 0 Å². The van der Waals surface area contributed by atoms with Crippen LogP contribution in [-0.4, -0.2) is 4.57 Å². The van der Waals surface area contributed by atoms with Gasteiger partial charge in [-0.15, -0.1) is 0 Å². The van der Waals surface area contributed by atoms with Crippen molar-refractivity contribution < 1.29 is 0 Å². The summed E-state index contributed by atoms with van der Waals surface area (Å²) in [5.41, 5.74) is 9.16. The second-order valence-corrected chi connectivity index (χ2v) is 5.21. The SMILES string of the molecule is CC[C](c1ccc(Cl)cc1)n1ccc2c(N)cccc21. The van der Waals surface area contributed by atoms with E-state index in [4.69, 9.17) is 17.3 Å². The van der Waals surface area contributed by atoms with Gasteiger partial charge in [0.2, 0.25) is 0 Å². The lowest BCUT2D eigenvalue weighted by Crippen LogP contribution is -2.09. The van der Waals surface area contributed by atoms with Gasteiger partial charge in [0.05, 0.1) is 11.6 Å². The van der Waals surface area contributed by atoms with Gasteiger partial charge >= 0.3 is 0 Å². The maximum absolute atomic E-state index is 6.03. The quantitative estimate of drug-likeness (QED) is 0.693. The van der Waals surface area contributed by atoms with Crippen LogP contribution in [0.15, 0.2) is 54.7 Å². The van der Waals surface area contributed by atoms with Crippen LogP contribution >= 0.6 is 11.6 Å². The number of rotatable bonds is 3. The summed E-state index contributed by atoms with van der Waals surface area (Å²) in [4.78, 5) is 0. The predicted molar refractivity (Wildman–Crippen MR) is 85.8 cm³/mol. The van der Waals surface area contributed by atoms with E-state index >= 15 is 0 Å². The fourth-order valence-corrected chi connectivity index (χ4v) is 2.71. The molecule has 2 N–H and O–H groups in total. The van der Waals surface area contributed by atoms with E-state index in [1.165, 1.54) is 11.6 Å². The first-order valence-corrected chi connectivity index (χ1v) is 7.06. The minimum atomic E-state index is 0.755. The third-order valence-electron chi connectivity index (χ3n) is 3.57. The second-order valence-electron chi connectivity index (χ2n) is 4.77. The van der Waals surface area contributed by atoms with E-state index in [-0.39, 0.29) is 0 Å². The minimum Gasteiger partial charge on any atom is -0.398 e. The first-order valence-electron chi connectivity index (χ1n) is 6.68. The molecule has 101 valence electrons. The monoisotopic (exact) mass is 283 g/mol. The van der Waals surface area contributed by atoms with Crippen molar-refractivity contribution in [2.45, 2.75) is 13.3 Å². The zero-order valence-corrected chi connectivity index (χ0v) is 12.1. The molecular formula is C17H16ClN2. The zero-order chi connectivity index (χ0) is 14.1. The molecule has 1 radical (unpaired) electrons. The van der Waals surface area contributed by atoms with E-state index in [1.807, 2.05) is 24.3 Å². The Kier molecular flexibility index (Phi) is 3.41. The van der Waals surface area contributed by atoms with Crippen LogP contribution < -0.4 is 5.73 Å². The summed E-state index contributed by atoms with van der Waals surface area (Å²) in [5.74, 6) is 0. The summed E-state index contributed by atoms with van der Waals surface area (Å²) in [6, 6.07) is 17.3. The van der Waals surface area contributed by atoms with Crippen molar-refractivity contribution in [3.05, 3.63) is 71.4 Å². The Morgan fingerprint density at radius 1 is 1.10 bits per heavy atom. The van der Waals surface area contributed by atoms with E-state index in [2.05, 4.69) is 42.0 Å². The molecule has 3 heteroatoms. The van der Waals surface area contributed by atoms with Gasteiger partial charge in [-0.1, -0.05) is 36.7 Å². The Balaban J connectivity index is 2.12. The number of nitrogen functional groups attached to an aromatic ring is 1. The number of hydrogen-bond acceptors (Lipinski definition) is 1. The van der Waals surface area contributed by atoms with Crippen LogP contribution in [0.25, 0.3) is 10.9 Å². The van der Waals surface area contributed by atoms with Crippen molar-refractivity contribution in [1.82, 2.24) is 4.57 Å². The molecule has 0 aliphatic rings. The van der Waals surface area contributed by atoms with Crippen LogP contribution in [0, 0.1) is 6.04 Å². The molecule has 0 atom stereocenters. The van der Waals surface area contributed by atoms with E-state index < -0.39 is 0 Å². The Morgan fingerprint density at radius 3 is 2.55 bits per heavy atom. The van der Waals surface area contributed by atoms with Crippen LogP contribution in [0.3, 0.4) is 0 Å². The average molecular weight is 284 g/mol. The smallest absolute Gasteiger partial charge is 0.0970 e. The average Bonchev–Trinajstić information content (AvgIpc) is 2.87. The van der Waals surface area contributed by atoms with Crippen LogP contribution in [-0.2, 0) is 0 Å². The van der Waals surface area contributed by atoms with Gasteiger partial charge in [0.1, 0.15) is 0 Å². The van der Waals surface area contributed by atoms with Gasteiger partial charge < -0.3 is 10.3 Å². The Morgan fingerprint density at radius 2 is 1.85 bits per heavy atom. The molecule has 0 saturated carbocycles. The molecule has 2 nitrogen and oxygen atoms in total. The van der Waals surface area contributed by atoms with Crippen LogP contribution in [0.2, 0.25) is 5.02 Å². The maximum Gasteiger partial charge on any atom is 0.0970 e. The minimum absolute atomic E-state index is 0.755. The molecular weight excluding hydrogens is 268 g/mol. The molecule has 20 heavy (non-hydrogen) atoms. The van der Waals surface area contributed by atoms with Crippen molar-refractivity contribution in [3.63, 3.8) is 0 Å². The van der Waals surface area contributed by atoms with Crippen molar-refractivity contribution >= 4 is 28.2 Å². The number of nitrogens with two attached hydrogens (primary N) is 1. The van der Waals surface area contributed by atoms with E-state index in [1.54, 1.807) is 0 Å². The number of aromatic nitrogens is 1. The molecule has 0 amide bonds. The highest BCUT2D eigenvalue weighted by molar-refractivity contribution is 6.30. The molecule has 0 aliphatic carbocycles. The van der Waals surface area contributed by atoms with Gasteiger partial charge in [0, 0.05) is 22.3 Å². The molecule has 0 bridgehead atoms. The number of nitrogens with zero attached hydrogens (tertiary/aromatic N) is 1. The lowest BCUT2D eigenvalue weighted by atomic mass is 10.0. The molecule has 3 aromatic rings. The Bertz CT molecular complexity index is 728. The molecule has 0 fully saturated rings. The summed E-state index contributed by atoms with van der Waals surface area (Å²) >= 11 is 5.97. The standard InChI is InChI=1S/C17H16ClN2/c1-2-16(12-6-8-13(18)9-7-12)20-11-10-14-15(19)4-3-5-17(14)20/h3-11H,2,19H2,1H3. The molecule has 1 heterocycles. The van der Waals surface area contributed by atoms with E-state index in [0.29, 0.717) is 0 Å². The first-order chi connectivity index (χ1) is 9.70. The van der Waals surface area contributed by atoms with E-state index in [9.17, 15) is 0 Å². The third-order valence-corrected chi connectivity index (χ3v) is 3.82. The predicted octanol–water partition coefficient (Wildman–Crippen LogP) is 4.72. The lowest BCUT2D eigenvalue weighted by Gasteiger charge is -2.18. The highest BCUT2D eigenvalue weighted by atomic mass is 35.5. The molecule has 0 spiro atoms. The van der Waals surface area contributed by atoms with E-state index in [0.717, 1.165) is 28.0 Å². The summed E-state index contributed by atoms with van der Waals surface area (Å²) in [6.45, 7) is 2.15. The van der Waals surface area contributed by atoms with Gasteiger partial charge in [0.15, 0.2) is 0 Å². The molecule has 0 saturated heterocycles. The fourth-order valence-electron chi connectivity index (χ4n) is 2.58. The van der Waals surface area contributed by atoms with Crippen molar-refractivity contribution in [1.29, 1.82) is 0 Å². The van der Waals surface area contributed by atoms with Gasteiger partial charge in [-0.2, -0.15) is 0 Å². The zero-order valence-electron chi connectivity index (χ0n) is 11.3. The molecule has 0 aliphatic heterocycles. The number of hydrogen-bond donors (Lipinski definition) is 1. The first kappa shape index (κ1) is 13.1. The topological polar surface area (TPSA) is 30.9 Å². The van der Waals surface area contributed by atoms with Crippen LogP contribution in [0.1, 0.15) is 18.9 Å². The maximum atomic E-state index is 6.03. The number of benzene rings is 2. The van der Waals surface area contributed by atoms with Crippen LogP contribution in [0.4, 0.5) is 5.69 Å². The van der Waals surface area contributed by atoms with Crippen LogP contribution in [0.5, 0.6) is 0 Å². The Labute approximate surface area is 123 Å². The summed E-state index contributed by atoms with van der Waals surface area (Å²) in [5, 5.41) is 1.85. The summed E-state index contributed by atoms with van der Waals surface area (Å²) in [7, 11) is 0. The molecule has 0 unspecified atom stereocenters. The van der Waals surface area contributed by atoms with Crippen molar-refractivity contribution in [2.24, 2.45) is 0 Å². The summed E-state index contributed by atoms with van der Waals surface area (Å²) in [6.07, 6.45) is 3.01. The van der Waals surface area contributed by atoms with Gasteiger partial charge in [-0.3, -0.25) is 0 Å². The molecule has 3 rings (SSSR count). The number of anilines is 1. The third kappa shape index (κ3) is 2.16. The van der Waals surface area contributed by atoms with Crippen molar-refractivity contribution in [2.75, 3.05) is 5.73 Å². The van der Waals surface area contributed by atoms with Gasteiger partial charge in [0.25, 0.3) is 0 Å². The van der Waals surface area contributed by atoms with Gasteiger partial charge in [-0.05, 0) is 42.3 Å². The highest BCUT2D eigenvalue weighted by Crippen LogP contribution is 2.29. The fraction of sp³-hybridized carbons (Fsp3) is 0.118. The largest absolute Gasteiger partial charge is 0.398 e. The Hall–Kier alpha value is -1.93. The molecule has 1 aromatic heterocycles. The normalized spacial score (nSPS) is 11.3. The number of fused-ring (bicyclic) bond motifs is 1. The summed E-state index contributed by atoms with van der Waals surface area (Å²) < 4.78 is 2.20. The van der Waals surface area contributed by atoms with Crippen molar-refractivity contribution in [3.8, 4) is 0 Å².